The first-order chi connectivity index (χ1) is 31.7. The molecule has 1 heterocycles. The lowest BCUT2D eigenvalue weighted by Crippen LogP contribution is -2.28. The van der Waals surface area contributed by atoms with Crippen molar-refractivity contribution in [1.29, 1.82) is 0 Å². The third-order valence-electron chi connectivity index (χ3n) is 15.1. The fourth-order valence-electron chi connectivity index (χ4n) is 12.2. The maximum atomic E-state index is 6.54. The highest BCUT2D eigenvalue weighted by Gasteiger charge is 2.50. The Balaban J connectivity index is 0.968. The highest BCUT2D eigenvalue weighted by Crippen LogP contribution is 2.63. The van der Waals surface area contributed by atoms with Gasteiger partial charge < -0.3 is 9.32 Å². The molecular formula is C63H47NO. The lowest BCUT2D eigenvalue weighted by atomic mass is 9.67. The van der Waals surface area contributed by atoms with Crippen molar-refractivity contribution in [2.24, 2.45) is 0 Å². The predicted octanol–water partition coefficient (Wildman–Crippen LogP) is 16.6. The molecule has 65 heavy (non-hydrogen) atoms. The Morgan fingerprint density at radius 3 is 1.58 bits per heavy atom. The van der Waals surface area contributed by atoms with Gasteiger partial charge in [0.15, 0.2) is 0 Å². The molecule has 9 aromatic carbocycles. The van der Waals surface area contributed by atoms with E-state index in [-0.39, 0.29) is 10.8 Å². The van der Waals surface area contributed by atoms with Crippen molar-refractivity contribution in [1.82, 2.24) is 0 Å². The van der Waals surface area contributed by atoms with E-state index in [2.05, 4.69) is 239 Å². The van der Waals surface area contributed by atoms with Gasteiger partial charge in [0.1, 0.15) is 11.2 Å². The molecule has 0 amide bonds. The van der Waals surface area contributed by atoms with Crippen molar-refractivity contribution in [3.8, 4) is 22.3 Å². The molecule has 0 saturated heterocycles. The zero-order valence-corrected chi connectivity index (χ0v) is 37.1. The van der Waals surface area contributed by atoms with E-state index in [0.29, 0.717) is 0 Å². The number of hydrogen-bond donors (Lipinski definition) is 0. The highest BCUT2D eigenvalue weighted by atomic mass is 16.3. The summed E-state index contributed by atoms with van der Waals surface area (Å²) in [5.74, 6) is 0. The van der Waals surface area contributed by atoms with Gasteiger partial charge in [0, 0.05) is 44.7 Å². The maximum absolute atomic E-state index is 6.54. The summed E-state index contributed by atoms with van der Waals surface area (Å²) < 4.78 is 6.54. The zero-order valence-electron chi connectivity index (χ0n) is 37.1. The van der Waals surface area contributed by atoms with Crippen LogP contribution in [0.1, 0.15) is 72.2 Å². The third-order valence-corrected chi connectivity index (χ3v) is 15.1. The van der Waals surface area contributed by atoms with Gasteiger partial charge in [-0.1, -0.05) is 185 Å². The van der Waals surface area contributed by atoms with Crippen molar-refractivity contribution >= 4 is 50.1 Å². The molecule has 0 fully saturated rings. The van der Waals surface area contributed by atoms with Gasteiger partial charge in [-0.25, -0.2) is 0 Å². The Kier molecular flexibility index (Phi) is 7.95. The molecule has 2 heteroatoms. The lowest BCUT2D eigenvalue weighted by Gasteiger charge is -2.35. The van der Waals surface area contributed by atoms with Crippen LogP contribution in [0, 0.1) is 0 Å². The van der Waals surface area contributed by atoms with Crippen LogP contribution in [0.5, 0.6) is 0 Å². The van der Waals surface area contributed by atoms with Crippen LogP contribution >= 0.6 is 0 Å². The molecule has 1 aromatic heterocycles. The summed E-state index contributed by atoms with van der Waals surface area (Å²) >= 11 is 0. The fraction of sp³-hybridized carbons (Fsp3) is 0.111. The molecule has 2 nitrogen and oxygen atoms in total. The topological polar surface area (TPSA) is 16.4 Å². The monoisotopic (exact) mass is 833 g/mol. The number of benzene rings is 9. The number of nitrogens with zero attached hydrogens (tertiary/aromatic N) is 1. The quantitative estimate of drug-likeness (QED) is 0.166. The van der Waals surface area contributed by atoms with Crippen molar-refractivity contribution in [3.05, 3.63) is 257 Å². The molecule has 0 radical (unpaired) electrons. The summed E-state index contributed by atoms with van der Waals surface area (Å²) in [5, 5.41) is 2.24. The third kappa shape index (κ3) is 5.23. The molecule has 0 aliphatic heterocycles. The smallest absolute Gasteiger partial charge is 0.137 e. The minimum atomic E-state index is -0.517. The van der Waals surface area contributed by atoms with Crippen LogP contribution in [-0.4, -0.2) is 0 Å². The Morgan fingerprint density at radius 1 is 0.338 bits per heavy atom. The van der Waals surface area contributed by atoms with Crippen LogP contribution in [-0.2, 0) is 16.2 Å². The SMILES string of the molecule is CC1(C)C2=C(c3ccccc31)C(C)(C)c1cc(-c3ccc(N(c4ccc5c(c4)C(c4ccccc4)(c4ccccc4)c4ccccc4-5)c4ccc5c(c4)oc4ccccc45)cc3)ccc12. The molecule has 310 valence electrons. The minimum Gasteiger partial charge on any atom is -0.456 e. The first-order valence-corrected chi connectivity index (χ1v) is 22.9. The summed E-state index contributed by atoms with van der Waals surface area (Å²) in [6, 6.07) is 78.5. The van der Waals surface area contributed by atoms with E-state index in [4.69, 9.17) is 4.42 Å². The van der Waals surface area contributed by atoms with E-state index in [1.807, 2.05) is 6.07 Å². The molecule has 0 atom stereocenters. The summed E-state index contributed by atoms with van der Waals surface area (Å²) in [6.45, 7) is 9.62. The molecule has 0 spiro atoms. The molecule has 10 aromatic rings. The second-order valence-corrected chi connectivity index (χ2v) is 19.2. The predicted molar refractivity (Wildman–Crippen MR) is 270 cm³/mol. The molecule has 0 N–H and O–H groups in total. The Morgan fingerprint density at radius 2 is 0.846 bits per heavy atom. The fourth-order valence-corrected chi connectivity index (χ4v) is 12.2. The normalized spacial score (nSPS) is 15.7. The second-order valence-electron chi connectivity index (χ2n) is 19.2. The van der Waals surface area contributed by atoms with E-state index < -0.39 is 5.41 Å². The van der Waals surface area contributed by atoms with Crippen LogP contribution in [0.25, 0.3) is 55.3 Å². The molecule has 0 saturated carbocycles. The largest absolute Gasteiger partial charge is 0.456 e. The van der Waals surface area contributed by atoms with Gasteiger partial charge in [-0.05, 0) is 126 Å². The Bertz CT molecular complexity index is 3550. The van der Waals surface area contributed by atoms with Gasteiger partial charge in [-0.3, -0.25) is 0 Å². The maximum Gasteiger partial charge on any atom is 0.137 e. The Labute approximate surface area is 380 Å². The number of furan rings is 1. The second kappa shape index (κ2) is 13.7. The number of fused-ring (bicyclic) bond motifs is 10. The van der Waals surface area contributed by atoms with Crippen molar-refractivity contribution in [3.63, 3.8) is 0 Å². The number of para-hydroxylation sites is 1. The first kappa shape index (κ1) is 37.8. The number of allylic oxidation sites excluding steroid dienone is 2. The molecule has 0 unspecified atom stereocenters. The molecule has 3 aliphatic carbocycles. The van der Waals surface area contributed by atoms with E-state index in [1.54, 1.807) is 0 Å². The molecular weight excluding hydrogens is 787 g/mol. The van der Waals surface area contributed by atoms with Crippen molar-refractivity contribution in [2.45, 2.75) is 43.9 Å². The van der Waals surface area contributed by atoms with Gasteiger partial charge in [-0.15, -0.1) is 0 Å². The van der Waals surface area contributed by atoms with Crippen LogP contribution in [0.2, 0.25) is 0 Å². The van der Waals surface area contributed by atoms with Gasteiger partial charge in [0.05, 0.1) is 5.41 Å². The van der Waals surface area contributed by atoms with E-state index in [0.717, 1.165) is 39.0 Å². The summed E-state index contributed by atoms with van der Waals surface area (Å²) in [7, 11) is 0. The average Bonchev–Trinajstić information content (AvgIpc) is 4.02. The van der Waals surface area contributed by atoms with Crippen molar-refractivity contribution < 1.29 is 4.42 Å². The average molecular weight is 834 g/mol. The number of hydrogen-bond acceptors (Lipinski definition) is 2. The van der Waals surface area contributed by atoms with E-state index in [1.165, 1.54) is 77.9 Å². The summed E-state index contributed by atoms with van der Waals surface area (Å²) in [4.78, 5) is 2.40. The summed E-state index contributed by atoms with van der Waals surface area (Å²) in [6.07, 6.45) is 0. The standard InChI is InChI=1S/C63H47NO/c1-61(2)53-24-14-12-23-51(53)59-60(61)52-34-29-41(37-55(52)62(59,3)4)40-27-30-44(31-28-40)64(46-33-36-50-49-22-13-16-26-57(49)65-58(50)39-46)45-32-35-48-47-21-11-15-25-54(47)63(56(48)38-45,42-17-7-5-8-18-42)43-19-9-6-10-20-43/h5-39H,1-4H3. The summed E-state index contributed by atoms with van der Waals surface area (Å²) in [5.41, 5.74) is 22.9. The highest BCUT2D eigenvalue weighted by molar-refractivity contribution is 6.10. The van der Waals surface area contributed by atoms with Gasteiger partial charge in [0.25, 0.3) is 0 Å². The lowest BCUT2D eigenvalue weighted by molar-refractivity contribution is 0.669. The van der Waals surface area contributed by atoms with E-state index >= 15 is 0 Å². The van der Waals surface area contributed by atoms with Gasteiger partial charge in [-0.2, -0.15) is 0 Å². The number of anilines is 3. The van der Waals surface area contributed by atoms with Crippen LogP contribution < -0.4 is 4.90 Å². The molecule has 0 bridgehead atoms. The minimum absolute atomic E-state index is 0.0470. The zero-order chi connectivity index (χ0) is 43.7. The Hall–Kier alpha value is -7.68. The first-order valence-electron chi connectivity index (χ1n) is 22.9. The van der Waals surface area contributed by atoms with Crippen molar-refractivity contribution in [2.75, 3.05) is 4.90 Å². The molecule has 13 rings (SSSR count). The van der Waals surface area contributed by atoms with Crippen LogP contribution in [0.4, 0.5) is 17.1 Å². The van der Waals surface area contributed by atoms with Gasteiger partial charge >= 0.3 is 0 Å². The van der Waals surface area contributed by atoms with Gasteiger partial charge in [0.2, 0.25) is 0 Å². The van der Waals surface area contributed by atoms with E-state index in [9.17, 15) is 0 Å². The van der Waals surface area contributed by atoms with Crippen LogP contribution in [0.15, 0.2) is 217 Å². The number of rotatable bonds is 6. The molecule has 3 aliphatic rings. The van der Waals surface area contributed by atoms with Crippen LogP contribution in [0.3, 0.4) is 0 Å².